The number of rotatable bonds is 8. The van der Waals surface area contributed by atoms with E-state index in [9.17, 15) is 18.0 Å². The van der Waals surface area contributed by atoms with Crippen LogP contribution in [0.3, 0.4) is 0 Å². The van der Waals surface area contributed by atoms with Crippen LogP contribution in [0.4, 0.5) is 4.79 Å². The minimum Gasteiger partial charge on any atom is -0.444 e. The molecule has 0 saturated carbocycles. The van der Waals surface area contributed by atoms with E-state index in [-0.39, 0.29) is 23.8 Å². The summed E-state index contributed by atoms with van der Waals surface area (Å²) < 4.78 is 30.6. The molecule has 0 aliphatic heterocycles. The van der Waals surface area contributed by atoms with E-state index in [1.54, 1.807) is 32.9 Å². The van der Waals surface area contributed by atoms with Crippen LogP contribution >= 0.6 is 0 Å². The maximum absolute atomic E-state index is 11.8. The molecule has 0 fully saturated rings. The molecule has 3 N–H and O–H groups in total. The molecule has 0 radical (unpaired) electrons. The highest BCUT2D eigenvalue weighted by Crippen LogP contribution is 2.11. The summed E-state index contributed by atoms with van der Waals surface area (Å²) in [6.07, 6.45) is 0.235. The number of hydrogen-bond donors (Lipinski definition) is 3. The Morgan fingerprint density at radius 2 is 1.62 bits per heavy atom. The van der Waals surface area contributed by atoms with Crippen molar-refractivity contribution < 1.29 is 22.7 Å². The van der Waals surface area contributed by atoms with Crippen molar-refractivity contribution in [3.8, 4) is 0 Å². The second kappa shape index (κ2) is 9.54. The summed E-state index contributed by atoms with van der Waals surface area (Å²) in [6.45, 7) is 5.90. The lowest BCUT2D eigenvalue weighted by Crippen LogP contribution is -2.37. The zero-order chi connectivity index (χ0) is 19.8. The number of carbonyl (C=O) groups is 2. The Labute approximate surface area is 154 Å². The Morgan fingerprint density at radius 1 is 1.04 bits per heavy atom. The quantitative estimate of drug-likeness (QED) is 0.581. The Balaban J connectivity index is 2.29. The van der Waals surface area contributed by atoms with Crippen molar-refractivity contribution in [2.45, 2.75) is 44.1 Å². The zero-order valence-corrected chi connectivity index (χ0v) is 16.4. The van der Waals surface area contributed by atoms with Crippen LogP contribution in [0.5, 0.6) is 0 Å². The van der Waals surface area contributed by atoms with Crippen LogP contribution in [-0.4, -0.2) is 46.2 Å². The van der Waals surface area contributed by atoms with Crippen LogP contribution in [0.25, 0.3) is 0 Å². The van der Waals surface area contributed by atoms with Gasteiger partial charge in [0, 0.05) is 19.5 Å². The third-order valence-corrected chi connectivity index (χ3v) is 4.69. The largest absolute Gasteiger partial charge is 0.444 e. The van der Waals surface area contributed by atoms with E-state index in [0.29, 0.717) is 13.0 Å². The number of amides is 2. The van der Waals surface area contributed by atoms with Gasteiger partial charge in [-0.1, -0.05) is 12.1 Å². The van der Waals surface area contributed by atoms with Gasteiger partial charge in [0.1, 0.15) is 5.60 Å². The smallest absolute Gasteiger partial charge is 0.407 e. The molecule has 0 spiro atoms. The molecule has 1 rings (SSSR count). The first kappa shape index (κ1) is 21.9. The Hall–Kier alpha value is -2.13. The second-order valence-electron chi connectivity index (χ2n) is 6.63. The predicted molar refractivity (Wildman–Crippen MR) is 98.3 cm³/mol. The molecule has 26 heavy (non-hydrogen) atoms. The molecule has 0 unspecified atom stereocenters. The number of ether oxygens (including phenoxy) is 1. The van der Waals surface area contributed by atoms with Gasteiger partial charge in [-0.15, -0.1) is 0 Å². The van der Waals surface area contributed by atoms with E-state index in [1.165, 1.54) is 19.2 Å². The Bertz CT molecular complexity index is 709. The molecule has 0 aliphatic carbocycles. The highest BCUT2D eigenvalue weighted by Gasteiger charge is 2.15. The minimum atomic E-state index is -3.45. The number of carbonyl (C=O) groups excluding carboxylic acids is 2. The summed E-state index contributed by atoms with van der Waals surface area (Å²) in [7, 11) is -2.10. The van der Waals surface area contributed by atoms with Crippen molar-refractivity contribution in [3.63, 3.8) is 0 Å². The maximum atomic E-state index is 11.8. The molecule has 146 valence electrons. The van der Waals surface area contributed by atoms with Crippen LogP contribution < -0.4 is 15.4 Å². The summed E-state index contributed by atoms with van der Waals surface area (Å²) in [5.74, 6) is -0.150. The average molecular weight is 385 g/mol. The third-order valence-electron chi connectivity index (χ3n) is 3.26. The van der Waals surface area contributed by atoms with Crippen molar-refractivity contribution in [2.75, 3.05) is 20.1 Å². The number of alkyl carbamates (subject to hydrolysis) is 1. The monoisotopic (exact) mass is 385 g/mol. The van der Waals surface area contributed by atoms with Crippen LogP contribution in [0.1, 0.15) is 32.8 Å². The lowest BCUT2D eigenvalue weighted by Gasteiger charge is -2.19. The molecule has 2 amide bonds. The number of sulfonamides is 1. The summed E-state index contributed by atoms with van der Waals surface area (Å²) in [4.78, 5) is 23.4. The second-order valence-corrected chi connectivity index (χ2v) is 8.52. The van der Waals surface area contributed by atoms with Crippen molar-refractivity contribution in [1.82, 2.24) is 15.4 Å². The van der Waals surface area contributed by atoms with Crippen molar-refractivity contribution >= 4 is 22.0 Å². The topological polar surface area (TPSA) is 114 Å². The predicted octanol–water partition coefficient (Wildman–Crippen LogP) is 1.17. The van der Waals surface area contributed by atoms with Crippen LogP contribution in [0.15, 0.2) is 29.2 Å². The van der Waals surface area contributed by atoms with E-state index in [0.717, 1.165) is 5.56 Å². The third kappa shape index (κ3) is 8.30. The summed E-state index contributed by atoms with van der Waals surface area (Å²) in [5, 5.41) is 5.26. The van der Waals surface area contributed by atoms with Gasteiger partial charge in [0.25, 0.3) is 0 Å². The zero-order valence-electron chi connectivity index (χ0n) is 15.6. The summed E-state index contributed by atoms with van der Waals surface area (Å²) >= 11 is 0. The molecule has 8 nitrogen and oxygen atoms in total. The SMILES string of the molecule is CNS(=O)(=O)c1ccc(CCC(=O)NCCNC(=O)OC(C)(C)C)cc1. The number of nitrogens with one attached hydrogen (secondary N) is 3. The maximum Gasteiger partial charge on any atom is 0.407 e. The van der Waals surface area contributed by atoms with Crippen molar-refractivity contribution in [2.24, 2.45) is 0 Å². The van der Waals surface area contributed by atoms with E-state index < -0.39 is 21.7 Å². The number of hydrogen-bond acceptors (Lipinski definition) is 5. The lowest BCUT2D eigenvalue weighted by molar-refractivity contribution is -0.121. The molecule has 0 saturated heterocycles. The first-order valence-electron chi connectivity index (χ1n) is 8.29. The molecular weight excluding hydrogens is 358 g/mol. The fourth-order valence-corrected chi connectivity index (χ4v) is 2.71. The molecule has 0 aliphatic rings. The highest BCUT2D eigenvalue weighted by atomic mass is 32.2. The fraction of sp³-hybridized carbons (Fsp3) is 0.529. The van der Waals surface area contributed by atoms with Gasteiger partial charge >= 0.3 is 6.09 Å². The van der Waals surface area contributed by atoms with Crippen LogP contribution in [0, 0.1) is 0 Å². The summed E-state index contributed by atoms with van der Waals surface area (Å²) in [6, 6.07) is 6.37. The average Bonchev–Trinajstić information content (AvgIpc) is 2.55. The van der Waals surface area contributed by atoms with Crippen molar-refractivity contribution in [3.05, 3.63) is 29.8 Å². The molecular formula is C17H27N3O5S. The molecule has 1 aromatic rings. The minimum absolute atomic E-state index is 0.150. The molecule has 9 heteroatoms. The Morgan fingerprint density at radius 3 is 2.15 bits per heavy atom. The first-order chi connectivity index (χ1) is 12.0. The van der Waals surface area contributed by atoms with Gasteiger partial charge < -0.3 is 15.4 Å². The van der Waals surface area contributed by atoms with E-state index >= 15 is 0 Å². The molecule has 0 bridgehead atoms. The van der Waals surface area contributed by atoms with Gasteiger partial charge in [-0.05, 0) is 51.9 Å². The molecule has 1 aromatic carbocycles. The van der Waals surface area contributed by atoms with Gasteiger partial charge in [0.2, 0.25) is 15.9 Å². The molecule has 0 atom stereocenters. The Kier molecular flexibility index (Phi) is 8.04. The van der Waals surface area contributed by atoms with E-state index in [1.807, 2.05) is 0 Å². The van der Waals surface area contributed by atoms with Gasteiger partial charge in [0.15, 0.2) is 0 Å². The standard InChI is InChI=1S/C17H27N3O5S/c1-17(2,3)25-16(22)20-12-11-19-15(21)10-7-13-5-8-14(9-6-13)26(23,24)18-4/h5-6,8-9,18H,7,10-12H2,1-4H3,(H,19,21)(H,20,22). The highest BCUT2D eigenvalue weighted by molar-refractivity contribution is 7.89. The van der Waals surface area contributed by atoms with Gasteiger partial charge in [-0.2, -0.15) is 0 Å². The molecule has 0 aromatic heterocycles. The van der Waals surface area contributed by atoms with Gasteiger partial charge in [-0.25, -0.2) is 17.9 Å². The summed E-state index contributed by atoms with van der Waals surface area (Å²) in [5.41, 5.74) is 0.303. The van der Waals surface area contributed by atoms with Crippen LogP contribution in [0.2, 0.25) is 0 Å². The van der Waals surface area contributed by atoms with Crippen molar-refractivity contribution in [1.29, 1.82) is 0 Å². The van der Waals surface area contributed by atoms with E-state index in [2.05, 4.69) is 15.4 Å². The van der Waals surface area contributed by atoms with Gasteiger partial charge in [0.05, 0.1) is 4.90 Å². The van der Waals surface area contributed by atoms with Gasteiger partial charge in [-0.3, -0.25) is 4.79 Å². The van der Waals surface area contributed by atoms with E-state index in [4.69, 9.17) is 4.74 Å². The fourth-order valence-electron chi connectivity index (χ4n) is 1.98. The van der Waals surface area contributed by atoms with Crippen LogP contribution in [-0.2, 0) is 26.0 Å². The molecule has 0 heterocycles. The number of aryl methyl sites for hydroxylation is 1. The number of benzene rings is 1. The normalized spacial score (nSPS) is 11.7. The lowest BCUT2D eigenvalue weighted by atomic mass is 10.1. The first-order valence-corrected chi connectivity index (χ1v) is 9.78.